The van der Waals surface area contributed by atoms with Crippen molar-refractivity contribution < 1.29 is 23.5 Å². The third kappa shape index (κ3) is 3.81. The lowest BCUT2D eigenvalue weighted by Crippen LogP contribution is -2.44. The van der Waals surface area contributed by atoms with E-state index in [2.05, 4.69) is 5.32 Å². The molecule has 0 heterocycles. The Morgan fingerprint density at radius 2 is 2.05 bits per heavy atom. The molecular formula is C16H19F2NO3. The van der Waals surface area contributed by atoms with Gasteiger partial charge in [0.1, 0.15) is 0 Å². The highest BCUT2D eigenvalue weighted by molar-refractivity contribution is 5.83. The molecular weight excluding hydrogens is 292 g/mol. The third-order valence-corrected chi connectivity index (χ3v) is 3.93. The van der Waals surface area contributed by atoms with E-state index in [4.69, 9.17) is 5.11 Å². The van der Waals surface area contributed by atoms with Gasteiger partial charge >= 0.3 is 5.97 Å². The number of hydrogen-bond donors (Lipinski definition) is 2. The average Bonchev–Trinajstić information content (AvgIpc) is 3.20. The summed E-state index contributed by atoms with van der Waals surface area (Å²) in [4.78, 5) is 22.8. The molecule has 1 aliphatic carbocycles. The molecule has 6 heteroatoms. The molecule has 4 nitrogen and oxygen atoms in total. The standard InChI is InChI=1S/C16H19F2NO3/c1-16(2,7-6-13(20)21)19-15(22)11-8-10(11)9-4-3-5-12(17)14(9)18/h3-5,10-11H,6-8H2,1-2H3,(H,19,22)(H,20,21). The van der Waals surface area contributed by atoms with Gasteiger partial charge in [0.05, 0.1) is 0 Å². The summed E-state index contributed by atoms with van der Waals surface area (Å²) < 4.78 is 26.9. The molecule has 1 saturated carbocycles. The van der Waals surface area contributed by atoms with Gasteiger partial charge in [0.15, 0.2) is 11.6 Å². The fraction of sp³-hybridized carbons (Fsp3) is 0.500. The van der Waals surface area contributed by atoms with Crippen LogP contribution in [0.3, 0.4) is 0 Å². The summed E-state index contributed by atoms with van der Waals surface area (Å²) in [6, 6.07) is 3.97. The number of amides is 1. The predicted molar refractivity (Wildman–Crippen MR) is 76.3 cm³/mol. The van der Waals surface area contributed by atoms with Gasteiger partial charge in [0.2, 0.25) is 5.91 Å². The minimum atomic E-state index is -0.923. The second-order valence-corrected chi connectivity index (χ2v) is 6.36. The van der Waals surface area contributed by atoms with Crippen LogP contribution < -0.4 is 5.32 Å². The van der Waals surface area contributed by atoms with Crippen LogP contribution in [0.15, 0.2) is 18.2 Å². The summed E-state index contributed by atoms with van der Waals surface area (Å²) in [5.41, 5.74) is -0.424. The smallest absolute Gasteiger partial charge is 0.303 e. The molecule has 1 fully saturated rings. The maximum Gasteiger partial charge on any atom is 0.303 e. The summed E-state index contributed by atoms with van der Waals surface area (Å²) >= 11 is 0. The number of benzene rings is 1. The first-order valence-electron chi connectivity index (χ1n) is 7.19. The first-order chi connectivity index (χ1) is 10.2. The van der Waals surface area contributed by atoms with Gasteiger partial charge in [0, 0.05) is 17.9 Å². The zero-order valence-corrected chi connectivity index (χ0v) is 12.5. The number of carboxylic acid groups (broad SMARTS) is 1. The molecule has 0 aliphatic heterocycles. The Morgan fingerprint density at radius 1 is 1.36 bits per heavy atom. The van der Waals surface area contributed by atoms with Crippen molar-refractivity contribution in [3.05, 3.63) is 35.4 Å². The van der Waals surface area contributed by atoms with Crippen molar-refractivity contribution >= 4 is 11.9 Å². The SMILES string of the molecule is CC(C)(CCC(=O)O)NC(=O)C1CC1c1cccc(F)c1F. The predicted octanol–water partition coefficient (Wildman–Crippen LogP) is 2.83. The van der Waals surface area contributed by atoms with Crippen LogP contribution in [-0.2, 0) is 9.59 Å². The molecule has 0 spiro atoms. The zero-order valence-electron chi connectivity index (χ0n) is 12.5. The normalized spacial score (nSPS) is 20.5. The molecule has 0 saturated heterocycles. The summed E-state index contributed by atoms with van der Waals surface area (Å²) in [5.74, 6) is -3.68. The minimum absolute atomic E-state index is 0.0418. The van der Waals surface area contributed by atoms with Crippen molar-refractivity contribution in [2.75, 3.05) is 0 Å². The maximum absolute atomic E-state index is 13.7. The lowest BCUT2D eigenvalue weighted by molar-refractivity contribution is -0.138. The molecule has 2 unspecified atom stereocenters. The highest BCUT2D eigenvalue weighted by Crippen LogP contribution is 2.48. The number of aliphatic carboxylic acids is 1. The van der Waals surface area contributed by atoms with Crippen LogP contribution in [0.5, 0.6) is 0 Å². The number of rotatable bonds is 6. The van der Waals surface area contributed by atoms with Crippen LogP contribution in [0.1, 0.15) is 44.6 Å². The molecule has 1 aromatic carbocycles. The summed E-state index contributed by atoms with van der Waals surface area (Å²) in [7, 11) is 0. The molecule has 2 rings (SSSR count). The van der Waals surface area contributed by atoms with Gasteiger partial charge in [-0.2, -0.15) is 0 Å². The first kappa shape index (κ1) is 16.4. The number of carbonyl (C=O) groups excluding carboxylic acids is 1. The molecule has 22 heavy (non-hydrogen) atoms. The van der Waals surface area contributed by atoms with Crippen molar-refractivity contribution in [3.63, 3.8) is 0 Å². The van der Waals surface area contributed by atoms with E-state index in [1.165, 1.54) is 12.1 Å². The molecule has 120 valence electrons. The van der Waals surface area contributed by atoms with E-state index >= 15 is 0 Å². The molecule has 1 amide bonds. The Kier molecular flexibility index (Phi) is 4.49. The molecule has 2 atom stereocenters. The van der Waals surface area contributed by atoms with Gasteiger partial charge in [-0.3, -0.25) is 9.59 Å². The number of nitrogens with one attached hydrogen (secondary N) is 1. The lowest BCUT2D eigenvalue weighted by atomic mass is 9.97. The molecule has 1 aliphatic rings. The lowest BCUT2D eigenvalue weighted by Gasteiger charge is -2.25. The highest BCUT2D eigenvalue weighted by Gasteiger charge is 2.46. The van der Waals surface area contributed by atoms with Crippen LogP contribution in [-0.4, -0.2) is 22.5 Å². The van der Waals surface area contributed by atoms with Gasteiger partial charge < -0.3 is 10.4 Å². The topological polar surface area (TPSA) is 66.4 Å². The largest absolute Gasteiger partial charge is 0.481 e. The molecule has 0 bridgehead atoms. The van der Waals surface area contributed by atoms with Gasteiger partial charge in [-0.25, -0.2) is 8.78 Å². The minimum Gasteiger partial charge on any atom is -0.481 e. The van der Waals surface area contributed by atoms with E-state index in [1.807, 2.05) is 0 Å². The summed E-state index contributed by atoms with van der Waals surface area (Å²) in [6.45, 7) is 3.49. The van der Waals surface area contributed by atoms with Crippen LogP contribution in [0.2, 0.25) is 0 Å². The zero-order chi connectivity index (χ0) is 16.5. The first-order valence-corrected chi connectivity index (χ1v) is 7.19. The van der Waals surface area contributed by atoms with Gasteiger partial charge in [-0.05, 0) is 44.2 Å². The second-order valence-electron chi connectivity index (χ2n) is 6.36. The maximum atomic E-state index is 13.7. The Balaban J connectivity index is 1.96. The Morgan fingerprint density at radius 3 is 2.68 bits per heavy atom. The van der Waals surface area contributed by atoms with Crippen LogP contribution >= 0.6 is 0 Å². The van der Waals surface area contributed by atoms with Crippen molar-refractivity contribution in [3.8, 4) is 0 Å². The van der Waals surface area contributed by atoms with E-state index in [9.17, 15) is 18.4 Å². The second kappa shape index (κ2) is 6.02. The monoisotopic (exact) mass is 311 g/mol. The number of hydrogen-bond acceptors (Lipinski definition) is 2. The van der Waals surface area contributed by atoms with E-state index in [1.54, 1.807) is 13.8 Å². The molecule has 0 aromatic heterocycles. The van der Waals surface area contributed by atoms with Crippen molar-refractivity contribution in [2.24, 2.45) is 5.92 Å². The fourth-order valence-corrected chi connectivity index (χ4v) is 2.54. The van der Waals surface area contributed by atoms with Gasteiger partial charge in [-0.15, -0.1) is 0 Å². The average molecular weight is 311 g/mol. The summed E-state index contributed by atoms with van der Waals surface area (Å²) in [6.07, 6.45) is 0.737. The van der Waals surface area contributed by atoms with Crippen LogP contribution in [0.25, 0.3) is 0 Å². The quantitative estimate of drug-likeness (QED) is 0.849. The number of carbonyl (C=O) groups is 2. The Labute approximate surface area is 127 Å². The van der Waals surface area contributed by atoms with Crippen LogP contribution in [0, 0.1) is 17.6 Å². The van der Waals surface area contributed by atoms with Gasteiger partial charge in [-0.1, -0.05) is 12.1 Å². The summed E-state index contributed by atoms with van der Waals surface area (Å²) in [5, 5.41) is 11.5. The molecule has 0 radical (unpaired) electrons. The molecule has 1 aromatic rings. The Bertz CT molecular complexity index is 601. The van der Waals surface area contributed by atoms with Gasteiger partial charge in [0.25, 0.3) is 0 Å². The van der Waals surface area contributed by atoms with Crippen LogP contribution in [0.4, 0.5) is 8.78 Å². The van der Waals surface area contributed by atoms with Crippen molar-refractivity contribution in [1.29, 1.82) is 0 Å². The number of carboxylic acids is 1. The van der Waals surface area contributed by atoms with E-state index in [-0.39, 0.29) is 29.7 Å². The fourth-order valence-electron chi connectivity index (χ4n) is 2.54. The number of halogens is 2. The Hall–Kier alpha value is -1.98. The molecule has 2 N–H and O–H groups in total. The van der Waals surface area contributed by atoms with E-state index in [0.29, 0.717) is 12.8 Å². The third-order valence-electron chi connectivity index (χ3n) is 3.93. The van der Waals surface area contributed by atoms with Crippen molar-refractivity contribution in [2.45, 2.75) is 44.6 Å². The van der Waals surface area contributed by atoms with E-state index < -0.39 is 23.1 Å². The van der Waals surface area contributed by atoms with Crippen molar-refractivity contribution in [1.82, 2.24) is 5.32 Å². The van der Waals surface area contributed by atoms with E-state index in [0.717, 1.165) is 6.07 Å². The highest BCUT2D eigenvalue weighted by atomic mass is 19.2.